The Hall–Kier alpha value is -4.71. The lowest BCUT2D eigenvalue weighted by Crippen LogP contribution is -2.63. The molecule has 0 spiro atoms. The molecule has 3 rings (SSSR count). The Labute approximate surface area is 356 Å². The summed E-state index contributed by atoms with van der Waals surface area (Å²) in [5, 5.41) is 15.1. The van der Waals surface area contributed by atoms with E-state index < -0.39 is 70.7 Å². The van der Waals surface area contributed by atoms with Crippen LogP contribution in [0.4, 0.5) is 0 Å². The van der Waals surface area contributed by atoms with E-state index in [1.165, 1.54) is 6.21 Å². The summed E-state index contributed by atoms with van der Waals surface area (Å²) in [6.45, 7) is 19.2. The number of amidine groups is 1. The topological polar surface area (TPSA) is 191 Å². The number of fused-ring (bicyclic) bond motifs is 1. The summed E-state index contributed by atoms with van der Waals surface area (Å²) >= 11 is 4.21. The SMILES string of the molecule is C#CCC(=O)C[C@H](/C=N/CCS)NC(=O)C(NC(=O)C(/N=C1\NCC(=O)N2CC[C@@H](C)[C@H]2C(=O)N[C@@H](C(C)C)C(=O)NC1C(C)(C)C)C(C)(C)C)[C@@H](C)c1ccccc1. The quantitative estimate of drug-likeness (QED) is 0.0944. The molecule has 2 aliphatic heterocycles. The summed E-state index contributed by atoms with van der Waals surface area (Å²) < 4.78 is 0. The van der Waals surface area contributed by atoms with Crippen molar-refractivity contribution in [1.29, 1.82) is 0 Å². The van der Waals surface area contributed by atoms with Crippen LogP contribution in [0.15, 0.2) is 40.3 Å². The summed E-state index contributed by atoms with van der Waals surface area (Å²) in [7, 11) is 0. The van der Waals surface area contributed by atoms with Crippen molar-refractivity contribution >= 4 is 60.0 Å². The van der Waals surface area contributed by atoms with Crippen molar-refractivity contribution in [3.63, 3.8) is 0 Å². The van der Waals surface area contributed by atoms with Gasteiger partial charge in [-0.05, 0) is 34.7 Å². The molecule has 324 valence electrons. The number of nitrogens with zero attached hydrogens (tertiary/aromatic N) is 3. The number of carbonyl (C=O) groups excluding carboxylic acids is 6. The Morgan fingerprint density at radius 1 is 1.00 bits per heavy atom. The van der Waals surface area contributed by atoms with Crippen molar-refractivity contribution < 1.29 is 28.8 Å². The van der Waals surface area contributed by atoms with E-state index in [0.717, 1.165) is 5.56 Å². The van der Waals surface area contributed by atoms with E-state index in [-0.39, 0.29) is 54.7 Å². The Morgan fingerprint density at radius 2 is 1.66 bits per heavy atom. The maximum Gasteiger partial charge on any atom is 0.246 e. The van der Waals surface area contributed by atoms with Gasteiger partial charge in [0.1, 0.15) is 35.8 Å². The van der Waals surface area contributed by atoms with Crippen LogP contribution in [0.1, 0.15) is 100.0 Å². The Balaban J connectivity index is 2.14. The standard InChI is InChI=1S/C44H66N8O6S/c1-12-16-31(53)23-30(24-45-20-22-59)47-40(56)34(28(5)29-17-14-13-15-18-29)49-42(58)37(44(9,10)11)50-38-36(43(6,7)8)51-39(55)33(26(2)3)48-41(57)35-27(4)19-21-52(35)32(54)25-46-38/h1,13-15,17-18,24,26-28,30,33-37,59H,16,19-23,25H2,2-11H3,(H,46,50)(H,47,56)(H,48,57)(H,49,58)(H,51,55)/b45-24+/t27-,28+,30-,33+,34?,35+,36?,37?/m1/s1. The van der Waals surface area contributed by atoms with Crippen LogP contribution in [0.25, 0.3) is 0 Å². The van der Waals surface area contributed by atoms with Crippen LogP contribution in [0.5, 0.6) is 0 Å². The maximum atomic E-state index is 14.8. The minimum Gasteiger partial charge on any atom is -0.363 e. The molecule has 2 fully saturated rings. The van der Waals surface area contributed by atoms with Crippen molar-refractivity contribution in [3.05, 3.63) is 35.9 Å². The van der Waals surface area contributed by atoms with Gasteiger partial charge in [-0.15, -0.1) is 6.42 Å². The smallest absolute Gasteiger partial charge is 0.246 e. The molecule has 59 heavy (non-hydrogen) atoms. The second-order valence-electron chi connectivity index (χ2n) is 18.2. The van der Waals surface area contributed by atoms with Crippen LogP contribution in [-0.4, -0.2) is 114 Å². The van der Waals surface area contributed by atoms with Gasteiger partial charge < -0.3 is 31.5 Å². The normalized spacial score (nSPS) is 23.4. The number of carbonyl (C=O) groups is 6. The first-order valence-corrected chi connectivity index (χ1v) is 21.2. The number of terminal acetylenes is 1. The van der Waals surface area contributed by atoms with E-state index in [2.05, 4.69) is 50.1 Å². The van der Waals surface area contributed by atoms with Crippen LogP contribution in [0.2, 0.25) is 0 Å². The van der Waals surface area contributed by atoms with E-state index in [4.69, 9.17) is 11.4 Å². The highest BCUT2D eigenvalue weighted by Crippen LogP contribution is 2.29. The third kappa shape index (κ3) is 13.7. The molecular weight excluding hydrogens is 769 g/mol. The molecule has 2 aliphatic rings. The van der Waals surface area contributed by atoms with Crippen molar-refractivity contribution in [3.8, 4) is 12.3 Å². The van der Waals surface area contributed by atoms with Crippen molar-refractivity contribution in [2.24, 2.45) is 32.7 Å². The van der Waals surface area contributed by atoms with E-state index in [0.29, 0.717) is 25.3 Å². The number of nitrogens with one attached hydrogen (secondary N) is 5. The van der Waals surface area contributed by atoms with Gasteiger partial charge >= 0.3 is 0 Å². The second kappa shape index (κ2) is 21.5. The molecule has 14 nitrogen and oxygen atoms in total. The van der Waals surface area contributed by atoms with Gasteiger partial charge in [0.15, 0.2) is 0 Å². The third-order valence-corrected chi connectivity index (χ3v) is 10.9. The Kier molecular flexibility index (Phi) is 17.7. The molecule has 0 bridgehead atoms. The van der Waals surface area contributed by atoms with E-state index in [1.807, 2.05) is 99.6 Å². The van der Waals surface area contributed by atoms with Gasteiger partial charge in [0.25, 0.3) is 0 Å². The van der Waals surface area contributed by atoms with Gasteiger partial charge in [-0.2, -0.15) is 12.6 Å². The molecule has 0 saturated carbocycles. The lowest BCUT2D eigenvalue weighted by atomic mass is 9.83. The number of ketones is 1. The zero-order valence-electron chi connectivity index (χ0n) is 36.4. The van der Waals surface area contributed by atoms with Gasteiger partial charge in [-0.1, -0.05) is 105 Å². The van der Waals surface area contributed by atoms with E-state index in [9.17, 15) is 28.8 Å². The maximum absolute atomic E-state index is 14.8. The highest BCUT2D eigenvalue weighted by molar-refractivity contribution is 7.80. The van der Waals surface area contributed by atoms with Crippen molar-refractivity contribution in [2.45, 2.75) is 131 Å². The molecule has 0 aromatic heterocycles. The summed E-state index contributed by atoms with van der Waals surface area (Å²) in [6, 6.07) is 3.70. The number of hydrogen-bond acceptors (Lipinski definition) is 9. The highest BCUT2D eigenvalue weighted by Gasteiger charge is 2.44. The molecule has 15 heteroatoms. The molecule has 5 N–H and O–H groups in total. The highest BCUT2D eigenvalue weighted by atomic mass is 32.1. The van der Waals surface area contributed by atoms with Crippen LogP contribution in [-0.2, 0) is 28.8 Å². The van der Waals surface area contributed by atoms with Crippen molar-refractivity contribution in [2.75, 3.05) is 25.4 Å². The van der Waals surface area contributed by atoms with Crippen LogP contribution in [0.3, 0.4) is 0 Å². The van der Waals surface area contributed by atoms with E-state index in [1.54, 1.807) is 4.90 Å². The molecule has 8 atom stereocenters. The number of Topliss-reactive ketones (excluding diaryl/α,β-unsaturated/α-hetero) is 1. The number of thiol groups is 1. The summed E-state index contributed by atoms with van der Waals surface area (Å²) in [5.41, 5.74) is -0.760. The molecular formula is C44H66N8O6S. The summed E-state index contributed by atoms with van der Waals surface area (Å²) in [6.07, 6.45) is 7.31. The minimum absolute atomic E-state index is 0.0899. The van der Waals surface area contributed by atoms with Crippen molar-refractivity contribution in [1.82, 2.24) is 31.5 Å². The lowest BCUT2D eigenvalue weighted by molar-refractivity contribution is -0.140. The molecule has 1 aromatic carbocycles. The lowest BCUT2D eigenvalue weighted by Gasteiger charge is -2.38. The van der Waals surface area contributed by atoms with Gasteiger partial charge in [0.05, 0.1) is 25.0 Å². The first-order valence-electron chi connectivity index (χ1n) is 20.5. The predicted octanol–water partition coefficient (Wildman–Crippen LogP) is 3.07. The van der Waals surface area contributed by atoms with Gasteiger partial charge in [-0.25, -0.2) is 0 Å². The fourth-order valence-corrected chi connectivity index (χ4v) is 7.42. The molecule has 5 amide bonds. The Morgan fingerprint density at radius 3 is 2.24 bits per heavy atom. The molecule has 0 radical (unpaired) electrons. The van der Waals surface area contributed by atoms with Gasteiger partial charge in [-0.3, -0.25) is 38.8 Å². The average Bonchev–Trinajstić information content (AvgIpc) is 3.54. The van der Waals surface area contributed by atoms with Gasteiger partial charge in [0, 0.05) is 37.4 Å². The first kappa shape index (κ1) is 48.7. The zero-order valence-corrected chi connectivity index (χ0v) is 37.3. The molecule has 2 saturated heterocycles. The number of hydrogen-bond donors (Lipinski definition) is 6. The first-order chi connectivity index (χ1) is 27.6. The molecule has 3 unspecified atom stereocenters. The van der Waals surface area contributed by atoms with Crippen LogP contribution >= 0.6 is 12.6 Å². The number of rotatable bonds is 14. The summed E-state index contributed by atoms with van der Waals surface area (Å²) in [5.74, 6) is -0.423. The summed E-state index contributed by atoms with van der Waals surface area (Å²) in [4.78, 5) is 94.2. The van der Waals surface area contributed by atoms with Crippen LogP contribution < -0.4 is 26.6 Å². The van der Waals surface area contributed by atoms with Gasteiger partial charge in [0.2, 0.25) is 29.5 Å². The van der Waals surface area contributed by atoms with Crippen LogP contribution in [0, 0.1) is 35.0 Å². The third-order valence-electron chi connectivity index (χ3n) is 10.7. The monoisotopic (exact) mass is 834 g/mol. The minimum atomic E-state index is -1.14. The average molecular weight is 835 g/mol. The number of aliphatic imine (C=N–C) groups is 2. The second-order valence-corrected chi connectivity index (χ2v) is 18.6. The molecule has 1 aromatic rings. The molecule has 2 heterocycles. The fourth-order valence-electron chi connectivity index (χ4n) is 7.31. The number of benzene rings is 1. The predicted molar refractivity (Wildman–Crippen MR) is 235 cm³/mol. The van der Waals surface area contributed by atoms with E-state index >= 15 is 0 Å². The largest absolute Gasteiger partial charge is 0.363 e. The molecule has 0 aliphatic carbocycles. The number of amides is 5. The zero-order chi connectivity index (χ0) is 44.2. The fraction of sp³-hybridized carbons (Fsp3) is 0.636. The Bertz CT molecular complexity index is 1760.